The van der Waals surface area contributed by atoms with Crippen LogP contribution in [-0.4, -0.2) is 16.6 Å². The van der Waals surface area contributed by atoms with E-state index in [1.807, 2.05) is 61.6 Å². The van der Waals surface area contributed by atoms with Gasteiger partial charge in [-0.15, -0.1) is 0 Å². The third-order valence-electron chi connectivity index (χ3n) is 3.88. The Morgan fingerprint density at radius 1 is 1.09 bits per heavy atom. The molecule has 0 bridgehead atoms. The lowest BCUT2D eigenvalue weighted by Gasteiger charge is -2.20. The first kappa shape index (κ1) is 14.5. The Labute approximate surface area is 129 Å². The lowest BCUT2D eigenvalue weighted by molar-refractivity contribution is 0.529. The molecule has 0 aliphatic heterocycles. The average Bonchev–Trinajstić information content (AvgIpc) is 2.57. The molecule has 0 fully saturated rings. The van der Waals surface area contributed by atoms with Crippen LogP contribution in [0.3, 0.4) is 0 Å². The largest absolute Gasteiger partial charge is 0.310 e. The van der Waals surface area contributed by atoms with E-state index in [1.54, 1.807) is 4.57 Å². The number of hydrogen-bond acceptors (Lipinski definition) is 3. The molecule has 22 heavy (non-hydrogen) atoms. The van der Waals surface area contributed by atoms with Crippen molar-refractivity contribution in [1.29, 1.82) is 0 Å². The minimum atomic E-state index is -0.0273. The number of aromatic nitrogens is 2. The molecule has 2 aromatic carbocycles. The Morgan fingerprint density at radius 3 is 2.45 bits per heavy atom. The predicted molar refractivity (Wildman–Crippen MR) is 89.4 cm³/mol. The lowest BCUT2D eigenvalue weighted by Crippen LogP contribution is -2.29. The Morgan fingerprint density at radius 2 is 1.77 bits per heavy atom. The fraction of sp³-hybridized carbons (Fsp3) is 0.222. The van der Waals surface area contributed by atoms with E-state index in [1.165, 1.54) is 0 Å². The van der Waals surface area contributed by atoms with Gasteiger partial charge >= 0.3 is 0 Å². The summed E-state index contributed by atoms with van der Waals surface area (Å²) >= 11 is 0. The normalized spacial score (nSPS) is 12.5. The van der Waals surface area contributed by atoms with Gasteiger partial charge in [-0.2, -0.15) is 0 Å². The number of nitrogens with zero attached hydrogens (tertiary/aromatic N) is 2. The first-order valence-electron chi connectivity index (χ1n) is 7.50. The minimum absolute atomic E-state index is 0.0255. The molecule has 112 valence electrons. The van der Waals surface area contributed by atoms with Gasteiger partial charge in [0.2, 0.25) is 0 Å². The van der Waals surface area contributed by atoms with Crippen molar-refractivity contribution in [2.75, 3.05) is 7.05 Å². The van der Waals surface area contributed by atoms with Crippen molar-refractivity contribution in [1.82, 2.24) is 14.9 Å². The molecule has 0 aliphatic rings. The van der Waals surface area contributed by atoms with Gasteiger partial charge in [0.25, 0.3) is 5.56 Å². The summed E-state index contributed by atoms with van der Waals surface area (Å²) in [6.07, 6.45) is 0.855. The van der Waals surface area contributed by atoms with Crippen LogP contribution in [-0.2, 0) is 0 Å². The standard InChI is InChI=1S/C18H19N3O/c1-3-15(19-2)17-20-16-12-8-7-11-14(16)18(22)21(17)13-9-5-4-6-10-13/h4-12,15,19H,3H2,1-2H3. The quantitative estimate of drug-likeness (QED) is 0.804. The summed E-state index contributed by atoms with van der Waals surface area (Å²) < 4.78 is 1.72. The number of para-hydroxylation sites is 2. The number of fused-ring (bicyclic) bond motifs is 1. The van der Waals surface area contributed by atoms with Crippen LogP contribution in [0.5, 0.6) is 0 Å². The van der Waals surface area contributed by atoms with Gasteiger partial charge < -0.3 is 5.32 Å². The molecule has 3 aromatic rings. The lowest BCUT2D eigenvalue weighted by atomic mass is 10.1. The van der Waals surface area contributed by atoms with Crippen LogP contribution < -0.4 is 10.9 Å². The Bertz CT molecular complexity index is 836. The van der Waals surface area contributed by atoms with Crippen LogP contribution in [0.2, 0.25) is 0 Å². The molecule has 1 unspecified atom stereocenters. The maximum atomic E-state index is 13.0. The summed E-state index contributed by atoms with van der Waals surface area (Å²) in [6, 6.07) is 17.2. The Balaban J connectivity index is 2.38. The fourth-order valence-corrected chi connectivity index (χ4v) is 2.73. The second-order valence-corrected chi connectivity index (χ2v) is 5.21. The Hall–Kier alpha value is -2.46. The second kappa shape index (κ2) is 6.12. The average molecular weight is 293 g/mol. The molecule has 4 nitrogen and oxygen atoms in total. The molecule has 1 heterocycles. The molecular formula is C18H19N3O. The van der Waals surface area contributed by atoms with Crippen molar-refractivity contribution >= 4 is 10.9 Å². The van der Waals surface area contributed by atoms with Crippen molar-refractivity contribution in [2.24, 2.45) is 0 Å². The van der Waals surface area contributed by atoms with Crippen LogP contribution in [0, 0.1) is 0 Å². The topological polar surface area (TPSA) is 46.9 Å². The molecule has 4 heteroatoms. The van der Waals surface area contributed by atoms with Gasteiger partial charge in [-0.25, -0.2) is 4.98 Å². The molecule has 3 rings (SSSR count). The summed E-state index contributed by atoms with van der Waals surface area (Å²) in [7, 11) is 1.89. The van der Waals surface area contributed by atoms with E-state index in [4.69, 9.17) is 4.98 Å². The van der Waals surface area contributed by atoms with Gasteiger partial charge in [-0.05, 0) is 37.7 Å². The first-order chi connectivity index (χ1) is 10.8. The van der Waals surface area contributed by atoms with Gasteiger partial charge in [-0.3, -0.25) is 9.36 Å². The molecular weight excluding hydrogens is 274 g/mol. The van der Waals surface area contributed by atoms with Crippen molar-refractivity contribution in [2.45, 2.75) is 19.4 Å². The van der Waals surface area contributed by atoms with Crippen molar-refractivity contribution in [3.63, 3.8) is 0 Å². The van der Waals surface area contributed by atoms with Gasteiger partial charge in [0.15, 0.2) is 0 Å². The van der Waals surface area contributed by atoms with Crippen LogP contribution in [0.15, 0.2) is 59.4 Å². The summed E-state index contributed by atoms with van der Waals surface area (Å²) in [5.41, 5.74) is 1.55. The van der Waals surface area contributed by atoms with Crippen molar-refractivity contribution in [3.8, 4) is 5.69 Å². The molecule has 0 spiro atoms. The predicted octanol–water partition coefficient (Wildman–Crippen LogP) is 3.06. The highest BCUT2D eigenvalue weighted by Crippen LogP contribution is 2.19. The molecule has 0 radical (unpaired) electrons. The highest BCUT2D eigenvalue weighted by atomic mass is 16.1. The first-order valence-corrected chi connectivity index (χ1v) is 7.50. The highest BCUT2D eigenvalue weighted by Gasteiger charge is 2.18. The molecule has 1 atom stereocenters. The minimum Gasteiger partial charge on any atom is -0.310 e. The highest BCUT2D eigenvalue weighted by molar-refractivity contribution is 5.77. The van der Waals surface area contributed by atoms with Gasteiger partial charge in [-0.1, -0.05) is 37.3 Å². The second-order valence-electron chi connectivity index (χ2n) is 5.21. The number of benzene rings is 2. The van der Waals surface area contributed by atoms with E-state index in [0.717, 1.165) is 23.4 Å². The van der Waals surface area contributed by atoms with E-state index in [0.29, 0.717) is 5.39 Å². The molecule has 0 saturated carbocycles. The maximum Gasteiger partial charge on any atom is 0.266 e. The van der Waals surface area contributed by atoms with E-state index in [2.05, 4.69) is 12.2 Å². The zero-order valence-electron chi connectivity index (χ0n) is 12.8. The zero-order chi connectivity index (χ0) is 15.5. The molecule has 0 saturated heterocycles. The number of hydrogen-bond donors (Lipinski definition) is 1. The van der Waals surface area contributed by atoms with Gasteiger partial charge in [0.05, 0.1) is 22.6 Å². The molecule has 0 amide bonds. The molecule has 1 N–H and O–H groups in total. The summed E-state index contributed by atoms with van der Waals surface area (Å²) in [5, 5.41) is 3.89. The van der Waals surface area contributed by atoms with Gasteiger partial charge in [0, 0.05) is 0 Å². The SMILES string of the molecule is CCC(NC)c1nc2ccccc2c(=O)n1-c1ccccc1. The van der Waals surface area contributed by atoms with Crippen LogP contribution in [0.1, 0.15) is 25.2 Å². The Kier molecular flexibility index (Phi) is 4.02. The fourth-order valence-electron chi connectivity index (χ4n) is 2.73. The summed E-state index contributed by atoms with van der Waals surface area (Å²) in [5.74, 6) is 0.750. The number of nitrogens with one attached hydrogen (secondary N) is 1. The molecule has 0 aliphatic carbocycles. The third-order valence-corrected chi connectivity index (χ3v) is 3.88. The smallest absolute Gasteiger partial charge is 0.266 e. The van der Waals surface area contributed by atoms with E-state index in [-0.39, 0.29) is 11.6 Å². The molecule has 1 aromatic heterocycles. The maximum absolute atomic E-state index is 13.0. The van der Waals surface area contributed by atoms with Crippen LogP contribution in [0.4, 0.5) is 0 Å². The third kappa shape index (κ3) is 2.42. The summed E-state index contributed by atoms with van der Waals surface area (Å²) in [4.78, 5) is 17.7. The number of rotatable bonds is 4. The van der Waals surface area contributed by atoms with Gasteiger partial charge in [0.1, 0.15) is 5.82 Å². The van der Waals surface area contributed by atoms with E-state index in [9.17, 15) is 4.79 Å². The van der Waals surface area contributed by atoms with Crippen LogP contribution in [0.25, 0.3) is 16.6 Å². The summed E-state index contributed by atoms with van der Waals surface area (Å²) in [6.45, 7) is 2.08. The van der Waals surface area contributed by atoms with Crippen LogP contribution >= 0.6 is 0 Å². The van der Waals surface area contributed by atoms with E-state index >= 15 is 0 Å². The van der Waals surface area contributed by atoms with Crippen molar-refractivity contribution in [3.05, 3.63) is 70.8 Å². The van der Waals surface area contributed by atoms with Crippen molar-refractivity contribution < 1.29 is 0 Å². The van der Waals surface area contributed by atoms with E-state index < -0.39 is 0 Å². The monoisotopic (exact) mass is 293 g/mol. The zero-order valence-corrected chi connectivity index (χ0v) is 12.8.